The molecular weight excluding hydrogens is 422 g/mol. The van der Waals surface area contributed by atoms with Gasteiger partial charge >= 0.3 is 6.03 Å². The second-order valence-electron chi connectivity index (χ2n) is 6.09. The van der Waals surface area contributed by atoms with E-state index in [1.54, 1.807) is 49.6 Å². The van der Waals surface area contributed by atoms with Crippen LogP contribution < -0.4 is 30.2 Å². The average Bonchev–Trinajstić information content (AvgIpc) is 3.27. The Morgan fingerprint density at radius 3 is 2.10 bits per heavy atom. The molecule has 0 saturated carbocycles. The van der Waals surface area contributed by atoms with Crippen molar-refractivity contribution in [3.8, 4) is 17.2 Å². The molecule has 162 valence electrons. The van der Waals surface area contributed by atoms with Gasteiger partial charge in [-0.05, 0) is 24.3 Å². The molecule has 0 bridgehead atoms. The highest BCUT2D eigenvalue weighted by Gasteiger charge is 2.14. The van der Waals surface area contributed by atoms with E-state index in [1.165, 1.54) is 14.2 Å². The molecule has 0 unspecified atom stereocenters. The predicted octanol–water partition coefficient (Wildman–Crippen LogP) is 3.14. The van der Waals surface area contributed by atoms with Crippen molar-refractivity contribution >= 4 is 34.6 Å². The van der Waals surface area contributed by atoms with Crippen LogP contribution in [0.1, 0.15) is 14.8 Å². The molecule has 31 heavy (non-hydrogen) atoms. The standard InChI is InChI=1S/C20H21N5O5S/c1-28-14-6-4-12(5-7-14)22-18(26)19-25-24-17(31-19)11-21-20(27)23-13-8-15(29-2)10-16(9-13)30-3/h4-10H,11H2,1-3H3,(H,22,26)(H2,21,23,27). The molecule has 0 atom stereocenters. The quantitative estimate of drug-likeness (QED) is 0.489. The van der Waals surface area contributed by atoms with Crippen molar-refractivity contribution in [3.05, 3.63) is 52.5 Å². The number of carbonyl (C=O) groups excluding carboxylic acids is 2. The number of amides is 3. The number of nitrogens with zero attached hydrogens (tertiary/aromatic N) is 2. The summed E-state index contributed by atoms with van der Waals surface area (Å²) in [6, 6.07) is 11.5. The van der Waals surface area contributed by atoms with Crippen molar-refractivity contribution in [2.75, 3.05) is 32.0 Å². The van der Waals surface area contributed by atoms with Crippen molar-refractivity contribution in [3.63, 3.8) is 0 Å². The molecule has 1 aromatic heterocycles. The second-order valence-corrected chi connectivity index (χ2v) is 7.15. The lowest BCUT2D eigenvalue weighted by Gasteiger charge is -2.10. The van der Waals surface area contributed by atoms with E-state index < -0.39 is 6.03 Å². The van der Waals surface area contributed by atoms with Crippen LogP contribution in [0.25, 0.3) is 0 Å². The highest BCUT2D eigenvalue weighted by atomic mass is 32.1. The Morgan fingerprint density at radius 2 is 1.48 bits per heavy atom. The zero-order chi connectivity index (χ0) is 22.2. The molecule has 3 rings (SSSR count). The number of hydrogen-bond donors (Lipinski definition) is 3. The number of aromatic nitrogens is 2. The molecule has 10 nitrogen and oxygen atoms in total. The average molecular weight is 443 g/mol. The van der Waals surface area contributed by atoms with E-state index in [0.717, 1.165) is 11.3 Å². The van der Waals surface area contributed by atoms with E-state index in [1.807, 2.05) is 0 Å². The second kappa shape index (κ2) is 10.3. The van der Waals surface area contributed by atoms with E-state index in [4.69, 9.17) is 14.2 Å². The molecule has 0 aliphatic carbocycles. The SMILES string of the molecule is COc1ccc(NC(=O)c2nnc(CNC(=O)Nc3cc(OC)cc(OC)c3)s2)cc1. The van der Waals surface area contributed by atoms with Gasteiger partial charge in [0.05, 0.1) is 27.9 Å². The predicted molar refractivity (Wildman–Crippen MR) is 116 cm³/mol. The molecule has 3 amide bonds. The van der Waals surface area contributed by atoms with Gasteiger partial charge in [0.15, 0.2) is 0 Å². The Kier molecular flexibility index (Phi) is 7.22. The molecule has 11 heteroatoms. The van der Waals surface area contributed by atoms with Gasteiger partial charge in [-0.3, -0.25) is 4.79 Å². The fourth-order valence-electron chi connectivity index (χ4n) is 2.49. The number of nitrogens with one attached hydrogen (secondary N) is 3. The van der Waals surface area contributed by atoms with Gasteiger partial charge in [0.2, 0.25) is 5.01 Å². The highest BCUT2D eigenvalue weighted by molar-refractivity contribution is 7.13. The fourth-order valence-corrected chi connectivity index (χ4v) is 3.16. The monoisotopic (exact) mass is 443 g/mol. The molecule has 3 N–H and O–H groups in total. The Morgan fingerprint density at radius 1 is 0.839 bits per heavy atom. The van der Waals surface area contributed by atoms with Gasteiger partial charge < -0.3 is 30.2 Å². The molecule has 0 fully saturated rings. The first-order valence-corrected chi connectivity index (χ1v) is 9.88. The van der Waals surface area contributed by atoms with Gasteiger partial charge in [-0.25, -0.2) is 4.79 Å². The number of urea groups is 1. The first-order valence-electron chi connectivity index (χ1n) is 9.06. The minimum absolute atomic E-state index is 0.112. The highest BCUT2D eigenvalue weighted by Crippen LogP contribution is 2.25. The molecule has 0 saturated heterocycles. The third-order valence-corrected chi connectivity index (χ3v) is 4.94. The maximum Gasteiger partial charge on any atom is 0.319 e. The summed E-state index contributed by atoms with van der Waals surface area (Å²) in [6.07, 6.45) is 0. The summed E-state index contributed by atoms with van der Waals surface area (Å²) >= 11 is 1.09. The number of carbonyl (C=O) groups is 2. The zero-order valence-corrected chi connectivity index (χ0v) is 17.9. The van der Waals surface area contributed by atoms with E-state index in [2.05, 4.69) is 26.1 Å². The molecular formula is C20H21N5O5S. The van der Waals surface area contributed by atoms with Crippen LogP contribution in [0.15, 0.2) is 42.5 Å². The summed E-state index contributed by atoms with van der Waals surface area (Å²) in [5, 5.41) is 16.6. The molecule has 3 aromatic rings. The lowest BCUT2D eigenvalue weighted by atomic mass is 10.3. The summed E-state index contributed by atoms with van der Waals surface area (Å²) in [5.74, 6) is 1.40. The van der Waals surface area contributed by atoms with Crippen LogP contribution in [0.5, 0.6) is 17.2 Å². The zero-order valence-electron chi connectivity index (χ0n) is 17.1. The number of rotatable bonds is 8. The van der Waals surface area contributed by atoms with E-state index >= 15 is 0 Å². The van der Waals surface area contributed by atoms with Crippen LogP contribution in [0.3, 0.4) is 0 Å². The van der Waals surface area contributed by atoms with Gasteiger partial charge in [-0.1, -0.05) is 11.3 Å². The molecule has 0 radical (unpaired) electrons. The van der Waals surface area contributed by atoms with Crippen molar-refractivity contribution in [2.24, 2.45) is 0 Å². The summed E-state index contributed by atoms with van der Waals surface area (Å²) in [7, 11) is 4.62. The molecule has 0 aliphatic rings. The third-order valence-electron chi connectivity index (χ3n) is 4.02. The van der Waals surface area contributed by atoms with Crippen LogP contribution in [0.2, 0.25) is 0 Å². The molecule has 0 aliphatic heterocycles. The molecule has 0 spiro atoms. The summed E-state index contributed by atoms with van der Waals surface area (Å²) in [6.45, 7) is 0.112. The molecule has 1 heterocycles. The lowest BCUT2D eigenvalue weighted by molar-refractivity contribution is 0.102. The number of hydrogen-bond acceptors (Lipinski definition) is 8. The van der Waals surface area contributed by atoms with Crippen molar-refractivity contribution in [1.82, 2.24) is 15.5 Å². The van der Waals surface area contributed by atoms with E-state index in [9.17, 15) is 9.59 Å². The smallest absolute Gasteiger partial charge is 0.319 e. The van der Waals surface area contributed by atoms with Crippen molar-refractivity contribution in [2.45, 2.75) is 6.54 Å². The molecule has 2 aromatic carbocycles. The van der Waals surface area contributed by atoms with Gasteiger partial charge in [0, 0.05) is 29.6 Å². The van der Waals surface area contributed by atoms with Crippen LogP contribution in [0, 0.1) is 0 Å². The van der Waals surface area contributed by atoms with Crippen LogP contribution >= 0.6 is 11.3 Å². The number of ether oxygens (including phenoxy) is 3. The Hall–Kier alpha value is -3.86. The Labute approximate surface area is 182 Å². The summed E-state index contributed by atoms with van der Waals surface area (Å²) < 4.78 is 15.4. The fraction of sp³-hybridized carbons (Fsp3) is 0.200. The van der Waals surface area contributed by atoms with Gasteiger partial charge in [0.1, 0.15) is 22.3 Å². The first-order chi connectivity index (χ1) is 15.0. The normalized spacial score (nSPS) is 10.2. The van der Waals surface area contributed by atoms with E-state index in [0.29, 0.717) is 33.6 Å². The van der Waals surface area contributed by atoms with Crippen LogP contribution in [0.4, 0.5) is 16.2 Å². The topological polar surface area (TPSA) is 124 Å². The Bertz CT molecular complexity index is 1030. The van der Waals surface area contributed by atoms with Gasteiger partial charge in [-0.15, -0.1) is 10.2 Å². The van der Waals surface area contributed by atoms with Gasteiger partial charge in [-0.2, -0.15) is 0 Å². The van der Waals surface area contributed by atoms with Crippen LogP contribution in [-0.4, -0.2) is 43.5 Å². The van der Waals surface area contributed by atoms with Crippen LogP contribution in [-0.2, 0) is 6.54 Å². The number of anilines is 2. The summed E-state index contributed by atoms with van der Waals surface area (Å²) in [4.78, 5) is 24.5. The van der Waals surface area contributed by atoms with Crippen molar-refractivity contribution < 1.29 is 23.8 Å². The summed E-state index contributed by atoms with van der Waals surface area (Å²) in [5.41, 5.74) is 1.11. The largest absolute Gasteiger partial charge is 0.497 e. The number of methoxy groups -OCH3 is 3. The Balaban J connectivity index is 1.53. The lowest BCUT2D eigenvalue weighted by Crippen LogP contribution is -2.28. The van der Waals surface area contributed by atoms with Crippen molar-refractivity contribution in [1.29, 1.82) is 0 Å². The van der Waals surface area contributed by atoms with Gasteiger partial charge in [0.25, 0.3) is 5.91 Å². The third kappa shape index (κ3) is 6.06. The minimum atomic E-state index is -0.449. The maximum atomic E-state index is 12.3. The number of benzene rings is 2. The minimum Gasteiger partial charge on any atom is -0.497 e. The maximum absolute atomic E-state index is 12.3. The van der Waals surface area contributed by atoms with E-state index in [-0.39, 0.29) is 17.5 Å². The first kappa shape index (κ1) is 21.8.